The number of nitrogens with one attached hydrogen (secondary N) is 1. The Labute approximate surface area is 143 Å². The predicted molar refractivity (Wildman–Crippen MR) is 90.8 cm³/mol. The zero-order chi connectivity index (χ0) is 17.7. The Kier molecular flexibility index (Phi) is 6.06. The normalized spacial score (nSPS) is 16.6. The Morgan fingerprint density at radius 1 is 1.21 bits per heavy atom. The molecule has 1 aliphatic heterocycles. The van der Waals surface area contributed by atoms with Gasteiger partial charge in [0.2, 0.25) is 15.9 Å². The van der Waals surface area contributed by atoms with E-state index in [0.717, 1.165) is 5.56 Å². The Bertz CT molecular complexity index is 682. The van der Waals surface area contributed by atoms with Crippen molar-refractivity contribution in [2.24, 2.45) is 0 Å². The standard InChI is InChI=1S/C16H24N2O5S/c1-22-14-5-4-12(10-15(14)23-2)11-16(19)17-13-6-8-18(9-7-13)24(3,20)21/h4-5,10,13H,6-9,11H2,1-3H3,(H,17,19). The van der Waals surface area contributed by atoms with Crippen LogP contribution in [0.3, 0.4) is 0 Å². The minimum Gasteiger partial charge on any atom is -0.493 e. The van der Waals surface area contributed by atoms with E-state index < -0.39 is 10.0 Å². The van der Waals surface area contributed by atoms with Crippen molar-refractivity contribution in [3.05, 3.63) is 23.8 Å². The molecule has 1 amide bonds. The lowest BCUT2D eigenvalue weighted by molar-refractivity contribution is -0.121. The van der Waals surface area contributed by atoms with Gasteiger partial charge < -0.3 is 14.8 Å². The predicted octanol–water partition coefficient (Wildman–Crippen LogP) is 0.787. The number of ether oxygens (including phenoxy) is 2. The van der Waals surface area contributed by atoms with Gasteiger partial charge in [0, 0.05) is 19.1 Å². The number of rotatable bonds is 6. The summed E-state index contributed by atoms with van der Waals surface area (Å²) in [6.45, 7) is 0.889. The number of carbonyl (C=O) groups excluding carboxylic acids is 1. The zero-order valence-corrected chi connectivity index (χ0v) is 15.1. The summed E-state index contributed by atoms with van der Waals surface area (Å²) in [5.41, 5.74) is 0.832. The van der Waals surface area contributed by atoms with E-state index in [2.05, 4.69) is 5.32 Å². The molecule has 0 spiro atoms. The molecule has 0 aromatic heterocycles. The van der Waals surface area contributed by atoms with Gasteiger partial charge in [-0.25, -0.2) is 12.7 Å². The van der Waals surface area contributed by atoms with E-state index in [9.17, 15) is 13.2 Å². The molecule has 2 rings (SSSR count). The molecule has 0 bridgehead atoms. The molecule has 0 atom stereocenters. The molecule has 8 heteroatoms. The molecule has 134 valence electrons. The summed E-state index contributed by atoms with van der Waals surface area (Å²) in [5, 5.41) is 2.97. The average Bonchev–Trinajstić information content (AvgIpc) is 2.54. The van der Waals surface area contributed by atoms with Gasteiger partial charge in [0.15, 0.2) is 11.5 Å². The molecule has 1 saturated heterocycles. The van der Waals surface area contributed by atoms with Crippen molar-refractivity contribution >= 4 is 15.9 Å². The van der Waals surface area contributed by atoms with Gasteiger partial charge in [-0.3, -0.25) is 4.79 Å². The van der Waals surface area contributed by atoms with Crippen LogP contribution in [0.25, 0.3) is 0 Å². The monoisotopic (exact) mass is 356 g/mol. The third kappa shape index (κ3) is 4.85. The van der Waals surface area contributed by atoms with Crippen LogP contribution in [0.2, 0.25) is 0 Å². The van der Waals surface area contributed by atoms with Crippen LogP contribution in [0.15, 0.2) is 18.2 Å². The Balaban J connectivity index is 1.88. The first-order chi connectivity index (χ1) is 11.3. The summed E-state index contributed by atoms with van der Waals surface area (Å²) in [6, 6.07) is 5.39. The Hall–Kier alpha value is -1.80. The summed E-state index contributed by atoms with van der Waals surface area (Å²) < 4.78 is 34.8. The number of methoxy groups -OCH3 is 2. The van der Waals surface area contributed by atoms with E-state index in [0.29, 0.717) is 37.4 Å². The highest BCUT2D eigenvalue weighted by Gasteiger charge is 2.25. The molecule has 1 aromatic carbocycles. The summed E-state index contributed by atoms with van der Waals surface area (Å²) in [5.74, 6) is 1.12. The Morgan fingerprint density at radius 3 is 2.38 bits per heavy atom. The third-order valence-electron chi connectivity index (χ3n) is 4.10. The smallest absolute Gasteiger partial charge is 0.224 e. The fourth-order valence-corrected chi connectivity index (χ4v) is 3.66. The van der Waals surface area contributed by atoms with E-state index in [-0.39, 0.29) is 18.4 Å². The number of sulfonamides is 1. The fraction of sp³-hybridized carbons (Fsp3) is 0.562. The molecule has 7 nitrogen and oxygen atoms in total. The van der Waals surface area contributed by atoms with Crippen LogP contribution in [0.1, 0.15) is 18.4 Å². The van der Waals surface area contributed by atoms with Gasteiger partial charge in [-0.2, -0.15) is 0 Å². The molecular formula is C16H24N2O5S. The van der Waals surface area contributed by atoms with Gasteiger partial charge >= 0.3 is 0 Å². The van der Waals surface area contributed by atoms with Crippen LogP contribution in [0.4, 0.5) is 0 Å². The number of amides is 1. The number of hydrogen-bond donors (Lipinski definition) is 1. The lowest BCUT2D eigenvalue weighted by atomic mass is 10.1. The van der Waals surface area contributed by atoms with Gasteiger partial charge in [-0.1, -0.05) is 6.07 Å². The molecule has 0 aliphatic carbocycles. The van der Waals surface area contributed by atoms with Crippen LogP contribution in [0, 0.1) is 0 Å². The van der Waals surface area contributed by atoms with Crippen LogP contribution in [-0.4, -0.2) is 58.2 Å². The molecule has 1 N–H and O–H groups in total. The number of nitrogens with zero attached hydrogens (tertiary/aromatic N) is 1. The van der Waals surface area contributed by atoms with Gasteiger partial charge in [-0.05, 0) is 30.5 Å². The van der Waals surface area contributed by atoms with Crippen LogP contribution in [0.5, 0.6) is 11.5 Å². The van der Waals surface area contributed by atoms with Crippen molar-refractivity contribution in [1.82, 2.24) is 9.62 Å². The van der Waals surface area contributed by atoms with Crippen molar-refractivity contribution in [2.75, 3.05) is 33.6 Å². The van der Waals surface area contributed by atoms with Gasteiger partial charge in [0.1, 0.15) is 0 Å². The second-order valence-electron chi connectivity index (χ2n) is 5.87. The largest absolute Gasteiger partial charge is 0.493 e. The average molecular weight is 356 g/mol. The minimum absolute atomic E-state index is 0.00986. The summed E-state index contributed by atoms with van der Waals surface area (Å²) in [7, 11) is -0.0303. The molecule has 0 unspecified atom stereocenters. The summed E-state index contributed by atoms with van der Waals surface area (Å²) >= 11 is 0. The molecule has 1 aromatic rings. The highest BCUT2D eigenvalue weighted by Crippen LogP contribution is 2.27. The number of carbonyl (C=O) groups is 1. The maximum absolute atomic E-state index is 12.2. The number of benzene rings is 1. The topological polar surface area (TPSA) is 84.9 Å². The molecule has 1 aliphatic rings. The van der Waals surface area contributed by atoms with E-state index in [1.807, 2.05) is 6.07 Å². The molecule has 0 radical (unpaired) electrons. The van der Waals surface area contributed by atoms with Crippen LogP contribution < -0.4 is 14.8 Å². The second kappa shape index (κ2) is 7.85. The molecule has 0 saturated carbocycles. The van der Waals surface area contributed by atoms with Crippen molar-refractivity contribution in [1.29, 1.82) is 0 Å². The van der Waals surface area contributed by atoms with Crippen molar-refractivity contribution in [3.8, 4) is 11.5 Å². The Morgan fingerprint density at radius 2 is 1.83 bits per heavy atom. The number of hydrogen-bond acceptors (Lipinski definition) is 5. The fourth-order valence-electron chi connectivity index (χ4n) is 2.79. The first-order valence-electron chi connectivity index (χ1n) is 7.79. The zero-order valence-electron chi connectivity index (χ0n) is 14.2. The lowest BCUT2D eigenvalue weighted by Crippen LogP contribution is -2.46. The van der Waals surface area contributed by atoms with E-state index in [1.165, 1.54) is 10.6 Å². The first kappa shape index (κ1) is 18.5. The van der Waals surface area contributed by atoms with Gasteiger partial charge in [0.25, 0.3) is 0 Å². The second-order valence-corrected chi connectivity index (χ2v) is 7.85. The third-order valence-corrected chi connectivity index (χ3v) is 5.40. The minimum atomic E-state index is -3.15. The maximum atomic E-state index is 12.2. The van der Waals surface area contributed by atoms with Crippen molar-refractivity contribution in [3.63, 3.8) is 0 Å². The molecular weight excluding hydrogens is 332 g/mol. The van der Waals surface area contributed by atoms with Crippen molar-refractivity contribution in [2.45, 2.75) is 25.3 Å². The molecule has 24 heavy (non-hydrogen) atoms. The first-order valence-corrected chi connectivity index (χ1v) is 9.63. The SMILES string of the molecule is COc1ccc(CC(=O)NC2CCN(S(C)(=O)=O)CC2)cc1OC. The maximum Gasteiger partial charge on any atom is 0.224 e. The van der Waals surface area contributed by atoms with Gasteiger partial charge in [-0.15, -0.1) is 0 Å². The number of piperidine rings is 1. The van der Waals surface area contributed by atoms with E-state index >= 15 is 0 Å². The molecule has 1 fully saturated rings. The highest BCUT2D eigenvalue weighted by molar-refractivity contribution is 7.88. The molecule has 1 heterocycles. The van der Waals surface area contributed by atoms with Crippen LogP contribution in [-0.2, 0) is 21.2 Å². The van der Waals surface area contributed by atoms with Gasteiger partial charge in [0.05, 0.1) is 26.9 Å². The summed E-state index contributed by atoms with van der Waals surface area (Å²) in [4.78, 5) is 12.2. The summed E-state index contributed by atoms with van der Waals surface area (Å²) in [6.07, 6.45) is 2.71. The highest BCUT2D eigenvalue weighted by atomic mass is 32.2. The van der Waals surface area contributed by atoms with E-state index in [1.54, 1.807) is 26.4 Å². The quantitative estimate of drug-likeness (QED) is 0.814. The van der Waals surface area contributed by atoms with E-state index in [4.69, 9.17) is 9.47 Å². The lowest BCUT2D eigenvalue weighted by Gasteiger charge is -2.30. The van der Waals surface area contributed by atoms with Crippen molar-refractivity contribution < 1.29 is 22.7 Å². The van der Waals surface area contributed by atoms with Crippen LogP contribution >= 0.6 is 0 Å².